The minimum Gasteiger partial charge on any atom is -0.481 e. The molecule has 0 aliphatic carbocycles. The zero-order valence-corrected chi connectivity index (χ0v) is 10.1. The van der Waals surface area contributed by atoms with Crippen molar-refractivity contribution >= 4 is 5.97 Å². The van der Waals surface area contributed by atoms with E-state index in [4.69, 9.17) is 0 Å². The van der Waals surface area contributed by atoms with E-state index in [1.54, 1.807) is 0 Å². The van der Waals surface area contributed by atoms with Gasteiger partial charge in [-0.3, -0.25) is 9.69 Å². The van der Waals surface area contributed by atoms with Crippen LogP contribution in [0.3, 0.4) is 0 Å². The average molecular weight is 213 g/mol. The molecule has 2 unspecified atom stereocenters. The first-order valence-corrected chi connectivity index (χ1v) is 5.97. The van der Waals surface area contributed by atoms with Crippen LogP contribution < -0.4 is 0 Å². The minimum atomic E-state index is -0.643. The first-order valence-electron chi connectivity index (χ1n) is 5.97. The van der Waals surface area contributed by atoms with Gasteiger partial charge < -0.3 is 5.11 Å². The van der Waals surface area contributed by atoms with Gasteiger partial charge in [-0.05, 0) is 39.7 Å². The van der Waals surface area contributed by atoms with E-state index in [1.165, 1.54) is 6.42 Å². The van der Waals surface area contributed by atoms with Gasteiger partial charge in [0.1, 0.15) is 0 Å². The highest BCUT2D eigenvalue weighted by Gasteiger charge is 2.38. The van der Waals surface area contributed by atoms with E-state index in [2.05, 4.69) is 18.7 Å². The van der Waals surface area contributed by atoms with E-state index < -0.39 is 11.4 Å². The molecule has 1 fully saturated rings. The first kappa shape index (κ1) is 12.5. The van der Waals surface area contributed by atoms with Crippen LogP contribution in [0.4, 0.5) is 0 Å². The number of piperidine rings is 1. The number of likely N-dealkylation sites (tertiary alicyclic amines) is 1. The van der Waals surface area contributed by atoms with Crippen molar-refractivity contribution < 1.29 is 9.90 Å². The van der Waals surface area contributed by atoms with Crippen LogP contribution in [-0.4, -0.2) is 35.1 Å². The lowest BCUT2D eigenvalue weighted by atomic mass is 9.81. The quantitative estimate of drug-likeness (QED) is 0.779. The normalized spacial score (nSPS) is 30.1. The standard InChI is InChI=1S/C12H23NO2/c1-4-6-10(2)13-8-5-7-12(3,9-13)11(14)15/h10H,4-9H2,1-3H3,(H,14,15). The lowest BCUT2D eigenvalue weighted by molar-refractivity contribution is -0.151. The molecular weight excluding hydrogens is 190 g/mol. The molecule has 0 aromatic carbocycles. The van der Waals surface area contributed by atoms with Gasteiger partial charge in [-0.25, -0.2) is 0 Å². The summed E-state index contributed by atoms with van der Waals surface area (Å²) < 4.78 is 0. The Morgan fingerprint density at radius 2 is 2.27 bits per heavy atom. The molecule has 0 radical (unpaired) electrons. The van der Waals surface area contributed by atoms with Gasteiger partial charge in [-0.1, -0.05) is 13.3 Å². The molecule has 0 amide bonds. The zero-order valence-electron chi connectivity index (χ0n) is 10.1. The number of nitrogens with zero attached hydrogens (tertiary/aromatic N) is 1. The molecular formula is C12H23NO2. The lowest BCUT2D eigenvalue weighted by Gasteiger charge is -2.40. The second kappa shape index (κ2) is 4.97. The van der Waals surface area contributed by atoms with Crippen molar-refractivity contribution in [3.8, 4) is 0 Å². The van der Waals surface area contributed by atoms with Gasteiger partial charge in [0.05, 0.1) is 5.41 Å². The Hall–Kier alpha value is -0.570. The van der Waals surface area contributed by atoms with Gasteiger partial charge in [-0.15, -0.1) is 0 Å². The highest BCUT2D eigenvalue weighted by Crippen LogP contribution is 2.31. The Labute approximate surface area is 92.5 Å². The summed E-state index contributed by atoms with van der Waals surface area (Å²) in [4.78, 5) is 13.5. The Morgan fingerprint density at radius 1 is 1.60 bits per heavy atom. The van der Waals surface area contributed by atoms with Crippen molar-refractivity contribution in [3.63, 3.8) is 0 Å². The van der Waals surface area contributed by atoms with Crippen molar-refractivity contribution in [3.05, 3.63) is 0 Å². The van der Waals surface area contributed by atoms with Gasteiger partial charge in [-0.2, -0.15) is 0 Å². The van der Waals surface area contributed by atoms with Crippen LogP contribution >= 0.6 is 0 Å². The fourth-order valence-corrected chi connectivity index (χ4v) is 2.43. The number of aliphatic carboxylic acids is 1. The SMILES string of the molecule is CCCC(C)N1CCCC(C)(C(=O)O)C1. The van der Waals surface area contributed by atoms with Crippen molar-refractivity contribution in [1.82, 2.24) is 4.90 Å². The van der Waals surface area contributed by atoms with E-state index in [9.17, 15) is 9.90 Å². The fraction of sp³-hybridized carbons (Fsp3) is 0.917. The second-order valence-corrected chi connectivity index (χ2v) is 5.08. The molecule has 0 saturated carbocycles. The minimum absolute atomic E-state index is 0.522. The third-order valence-corrected chi connectivity index (χ3v) is 3.57. The molecule has 1 aliphatic heterocycles. The van der Waals surface area contributed by atoms with Crippen LogP contribution in [0, 0.1) is 5.41 Å². The fourth-order valence-electron chi connectivity index (χ4n) is 2.43. The maximum Gasteiger partial charge on any atom is 0.310 e. The largest absolute Gasteiger partial charge is 0.481 e. The summed E-state index contributed by atoms with van der Waals surface area (Å²) >= 11 is 0. The van der Waals surface area contributed by atoms with Crippen molar-refractivity contribution in [2.75, 3.05) is 13.1 Å². The Balaban J connectivity index is 2.59. The number of carboxylic acids is 1. The maximum absolute atomic E-state index is 11.2. The van der Waals surface area contributed by atoms with Gasteiger partial charge >= 0.3 is 5.97 Å². The first-order chi connectivity index (χ1) is 6.99. The molecule has 15 heavy (non-hydrogen) atoms. The van der Waals surface area contributed by atoms with Crippen molar-refractivity contribution in [2.24, 2.45) is 5.41 Å². The van der Waals surface area contributed by atoms with E-state index >= 15 is 0 Å². The van der Waals surface area contributed by atoms with E-state index in [-0.39, 0.29) is 0 Å². The van der Waals surface area contributed by atoms with Gasteiger partial charge in [0.2, 0.25) is 0 Å². The number of hydrogen-bond acceptors (Lipinski definition) is 2. The summed E-state index contributed by atoms with van der Waals surface area (Å²) in [7, 11) is 0. The van der Waals surface area contributed by atoms with Crippen LogP contribution in [0.25, 0.3) is 0 Å². The Morgan fingerprint density at radius 3 is 2.80 bits per heavy atom. The predicted octanol–water partition coefficient (Wildman–Crippen LogP) is 2.36. The molecule has 3 nitrogen and oxygen atoms in total. The third-order valence-electron chi connectivity index (χ3n) is 3.57. The van der Waals surface area contributed by atoms with Crippen LogP contribution in [0.5, 0.6) is 0 Å². The molecule has 1 heterocycles. The lowest BCUT2D eigenvalue weighted by Crippen LogP contribution is -2.49. The molecule has 1 rings (SSSR count). The number of carbonyl (C=O) groups is 1. The number of hydrogen-bond donors (Lipinski definition) is 1. The monoisotopic (exact) mass is 213 g/mol. The molecule has 2 atom stereocenters. The van der Waals surface area contributed by atoms with Crippen LogP contribution in [0.1, 0.15) is 46.5 Å². The smallest absolute Gasteiger partial charge is 0.310 e. The van der Waals surface area contributed by atoms with E-state index in [0.29, 0.717) is 12.6 Å². The molecule has 0 aromatic rings. The average Bonchev–Trinajstić information content (AvgIpc) is 2.18. The molecule has 3 heteroatoms. The Kier molecular flexibility index (Phi) is 4.14. The number of carboxylic acid groups (broad SMARTS) is 1. The third kappa shape index (κ3) is 2.94. The van der Waals surface area contributed by atoms with Gasteiger partial charge in [0, 0.05) is 12.6 Å². The molecule has 1 N–H and O–H groups in total. The predicted molar refractivity (Wildman–Crippen MR) is 60.9 cm³/mol. The number of rotatable bonds is 4. The van der Waals surface area contributed by atoms with Gasteiger partial charge in [0.25, 0.3) is 0 Å². The zero-order chi connectivity index (χ0) is 11.5. The Bertz CT molecular complexity index is 230. The summed E-state index contributed by atoms with van der Waals surface area (Å²) in [6, 6.07) is 0.522. The molecule has 0 spiro atoms. The summed E-state index contributed by atoms with van der Waals surface area (Å²) in [6.45, 7) is 8.03. The highest BCUT2D eigenvalue weighted by atomic mass is 16.4. The van der Waals surface area contributed by atoms with Crippen LogP contribution in [0.15, 0.2) is 0 Å². The van der Waals surface area contributed by atoms with E-state index in [0.717, 1.165) is 25.8 Å². The molecule has 0 aromatic heterocycles. The molecule has 0 bridgehead atoms. The van der Waals surface area contributed by atoms with Gasteiger partial charge in [0.15, 0.2) is 0 Å². The van der Waals surface area contributed by atoms with Crippen LogP contribution in [0.2, 0.25) is 0 Å². The highest BCUT2D eigenvalue weighted by molar-refractivity contribution is 5.74. The molecule has 88 valence electrons. The summed E-state index contributed by atoms with van der Waals surface area (Å²) in [5, 5.41) is 9.20. The topological polar surface area (TPSA) is 40.5 Å². The second-order valence-electron chi connectivity index (χ2n) is 5.08. The summed E-state index contributed by atoms with van der Waals surface area (Å²) in [5.41, 5.74) is -0.528. The maximum atomic E-state index is 11.2. The van der Waals surface area contributed by atoms with Crippen LogP contribution in [-0.2, 0) is 4.79 Å². The summed E-state index contributed by atoms with van der Waals surface area (Å²) in [5.74, 6) is -0.643. The molecule has 1 aliphatic rings. The molecule has 1 saturated heterocycles. The van der Waals surface area contributed by atoms with E-state index in [1.807, 2.05) is 6.92 Å². The van der Waals surface area contributed by atoms with Crippen molar-refractivity contribution in [1.29, 1.82) is 0 Å². The summed E-state index contributed by atoms with van der Waals surface area (Å²) in [6.07, 6.45) is 4.16. The van der Waals surface area contributed by atoms with Crippen molar-refractivity contribution in [2.45, 2.75) is 52.5 Å².